The number of rotatable bonds is 5. The van der Waals surface area contributed by atoms with E-state index in [1.807, 2.05) is 12.1 Å². The zero-order valence-electron chi connectivity index (χ0n) is 11.0. The van der Waals surface area contributed by atoms with E-state index in [9.17, 15) is 0 Å². The van der Waals surface area contributed by atoms with E-state index in [1.54, 1.807) is 26.5 Å². The normalized spacial score (nSPS) is 10.0. The Labute approximate surface area is 124 Å². The molecule has 0 spiro atoms. The smallest absolute Gasteiger partial charge is 0.239 e. The summed E-state index contributed by atoms with van der Waals surface area (Å²) < 4.78 is 11.2. The quantitative estimate of drug-likeness (QED) is 0.568. The van der Waals surface area contributed by atoms with Gasteiger partial charge in [-0.25, -0.2) is 10.8 Å². The zero-order chi connectivity index (χ0) is 14.5. The summed E-state index contributed by atoms with van der Waals surface area (Å²) in [5.74, 6) is 7.53. The van der Waals surface area contributed by atoms with Crippen LogP contribution in [-0.2, 0) is 0 Å². The van der Waals surface area contributed by atoms with Crippen LogP contribution in [0.2, 0.25) is 0 Å². The lowest BCUT2D eigenvalue weighted by atomic mass is 10.2. The van der Waals surface area contributed by atoms with E-state index in [1.165, 1.54) is 0 Å². The number of aromatic nitrogens is 2. The maximum atomic E-state index is 5.30. The molecule has 0 bridgehead atoms. The molecule has 20 heavy (non-hydrogen) atoms. The van der Waals surface area contributed by atoms with Crippen LogP contribution in [0, 0.1) is 0 Å². The summed E-state index contributed by atoms with van der Waals surface area (Å²) in [5, 5.41) is 3.14. The summed E-state index contributed by atoms with van der Waals surface area (Å²) in [6.07, 6.45) is 1.59. The van der Waals surface area contributed by atoms with Gasteiger partial charge in [0, 0.05) is 12.3 Å². The van der Waals surface area contributed by atoms with E-state index in [-0.39, 0.29) is 0 Å². The minimum absolute atomic E-state index is 0.303. The van der Waals surface area contributed by atoms with Crippen molar-refractivity contribution in [1.29, 1.82) is 0 Å². The monoisotopic (exact) mass is 339 g/mol. The van der Waals surface area contributed by atoms with Crippen LogP contribution in [0.5, 0.6) is 11.5 Å². The van der Waals surface area contributed by atoms with Crippen molar-refractivity contribution in [2.45, 2.75) is 0 Å². The lowest BCUT2D eigenvalue weighted by Crippen LogP contribution is -2.11. The molecule has 1 aromatic carbocycles. The fourth-order valence-corrected chi connectivity index (χ4v) is 1.85. The number of nitrogens with two attached hydrogens (primary N) is 1. The Hall–Kier alpha value is -2.06. The highest BCUT2D eigenvalue weighted by Gasteiger charge is 2.09. The van der Waals surface area contributed by atoms with Crippen LogP contribution in [0.25, 0.3) is 0 Å². The summed E-state index contributed by atoms with van der Waals surface area (Å²) in [7, 11) is 3.19. The Balaban J connectivity index is 2.38. The maximum absolute atomic E-state index is 5.30. The van der Waals surface area contributed by atoms with Gasteiger partial charge in [0.2, 0.25) is 5.95 Å². The van der Waals surface area contributed by atoms with Gasteiger partial charge in [-0.2, -0.15) is 4.98 Å². The van der Waals surface area contributed by atoms with Crippen LogP contribution in [0.3, 0.4) is 0 Å². The molecule has 106 valence electrons. The molecule has 0 radical (unpaired) electrons. The second kappa shape index (κ2) is 6.40. The molecule has 0 unspecified atom stereocenters. The number of benzene rings is 1. The zero-order valence-corrected chi connectivity index (χ0v) is 12.6. The van der Waals surface area contributed by atoms with E-state index in [4.69, 9.17) is 15.3 Å². The summed E-state index contributed by atoms with van der Waals surface area (Å²) in [6.45, 7) is 0. The molecule has 7 nitrogen and oxygen atoms in total. The summed E-state index contributed by atoms with van der Waals surface area (Å²) in [6, 6.07) is 5.42. The second-order valence-corrected chi connectivity index (χ2v) is 4.58. The molecule has 8 heteroatoms. The SMILES string of the molecule is COc1ccc(OC)c(Nc2nc(NN)ncc2Br)c1. The fraction of sp³-hybridized carbons (Fsp3) is 0.167. The summed E-state index contributed by atoms with van der Waals surface area (Å²) in [4.78, 5) is 8.20. The number of hydrogen-bond acceptors (Lipinski definition) is 7. The number of anilines is 3. The summed E-state index contributed by atoms with van der Waals surface area (Å²) in [5.41, 5.74) is 3.11. The molecule has 0 aliphatic rings. The van der Waals surface area contributed by atoms with Gasteiger partial charge in [-0.3, -0.25) is 5.43 Å². The van der Waals surface area contributed by atoms with Gasteiger partial charge >= 0.3 is 0 Å². The average Bonchev–Trinajstić information content (AvgIpc) is 2.49. The van der Waals surface area contributed by atoms with Crippen molar-refractivity contribution < 1.29 is 9.47 Å². The van der Waals surface area contributed by atoms with Crippen LogP contribution in [0.4, 0.5) is 17.5 Å². The highest BCUT2D eigenvalue weighted by Crippen LogP contribution is 2.33. The highest BCUT2D eigenvalue weighted by molar-refractivity contribution is 9.10. The molecule has 1 heterocycles. The first kappa shape index (κ1) is 14.4. The number of nitrogens with one attached hydrogen (secondary N) is 2. The third-order valence-corrected chi connectivity index (χ3v) is 3.11. The van der Waals surface area contributed by atoms with E-state index in [0.717, 1.165) is 0 Å². The molecule has 4 N–H and O–H groups in total. The van der Waals surface area contributed by atoms with Crippen LogP contribution in [0.1, 0.15) is 0 Å². The number of hydrazine groups is 1. The molecule has 0 aliphatic heterocycles. The molecule has 1 aromatic heterocycles. The van der Waals surface area contributed by atoms with Gasteiger partial charge in [-0.1, -0.05) is 0 Å². The predicted molar refractivity (Wildman–Crippen MR) is 80.4 cm³/mol. The molecular weight excluding hydrogens is 326 g/mol. The Bertz CT molecular complexity index is 608. The molecule has 0 aliphatic carbocycles. The topological polar surface area (TPSA) is 94.3 Å². The largest absolute Gasteiger partial charge is 0.497 e. The van der Waals surface area contributed by atoms with Crippen molar-refractivity contribution in [3.05, 3.63) is 28.9 Å². The van der Waals surface area contributed by atoms with Crippen LogP contribution in [0.15, 0.2) is 28.9 Å². The Morgan fingerprint density at radius 2 is 2.05 bits per heavy atom. The van der Waals surface area contributed by atoms with Crippen LogP contribution >= 0.6 is 15.9 Å². The number of nitrogens with zero attached hydrogens (tertiary/aromatic N) is 2. The minimum atomic E-state index is 0.303. The van der Waals surface area contributed by atoms with Gasteiger partial charge < -0.3 is 14.8 Å². The first-order chi connectivity index (χ1) is 9.67. The molecule has 0 saturated heterocycles. The molecule has 2 aromatic rings. The maximum Gasteiger partial charge on any atom is 0.239 e. The summed E-state index contributed by atoms with van der Waals surface area (Å²) >= 11 is 3.37. The standard InChI is InChI=1S/C12H14BrN5O2/c1-19-7-3-4-10(20-2)9(5-7)16-11-8(13)6-15-12(17-11)18-14/h3-6H,14H2,1-2H3,(H2,15,16,17,18). The van der Waals surface area contributed by atoms with E-state index in [2.05, 4.69) is 36.6 Å². The van der Waals surface area contributed by atoms with Crippen molar-refractivity contribution in [1.82, 2.24) is 9.97 Å². The van der Waals surface area contributed by atoms with Crippen molar-refractivity contribution in [3.8, 4) is 11.5 Å². The number of ether oxygens (including phenoxy) is 2. The number of hydrogen-bond donors (Lipinski definition) is 3. The van der Waals surface area contributed by atoms with Gasteiger partial charge in [0.15, 0.2) is 5.82 Å². The van der Waals surface area contributed by atoms with Crippen molar-refractivity contribution in [2.75, 3.05) is 25.0 Å². The number of methoxy groups -OCH3 is 2. The second-order valence-electron chi connectivity index (χ2n) is 3.73. The highest BCUT2D eigenvalue weighted by atomic mass is 79.9. The Morgan fingerprint density at radius 1 is 1.25 bits per heavy atom. The van der Waals surface area contributed by atoms with Gasteiger partial charge in [-0.05, 0) is 28.1 Å². The van der Waals surface area contributed by atoms with E-state index >= 15 is 0 Å². The van der Waals surface area contributed by atoms with E-state index in [0.29, 0.717) is 33.4 Å². The molecule has 0 amide bonds. The van der Waals surface area contributed by atoms with Crippen LogP contribution in [-0.4, -0.2) is 24.2 Å². The first-order valence-electron chi connectivity index (χ1n) is 5.66. The first-order valence-corrected chi connectivity index (χ1v) is 6.45. The lowest BCUT2D eigenvalue weighted by Gasteiger charge is -2.13. The predicted octanol–water partition coefficient (Wildman–Crippen LogP) is 2.29. The van der Waals surface area contributed by atoms with Gasteiger partial charge in [0.05, 0.1) is 24.4 Å². The average molecular weight is 340 g/mol. The van der Waals surface area contributed by atoms with Crippen LogP contribution < -0.4 is 26.1 Å². The lowest BCUT2D eigenvalue weighted by molar-refractivity contribution is 0.405. The molecule has 0 atom stereocenters. The number of nitrogen functional groups attached to an aromatic ring is 1. The Kier molecular flexibility index (Phi) is 4.59. The van der Waals surface area contributed by atoms with Crippen molar-refractivity contribution >= 4 is 33.4 Å². The fourth-order valence-electron chi connectivity index (χ4n) is 1.56. The Morgan fingerprint density at radius 3 is 2.70 bits per heavy atom. The van der Waals surface area contributed by atoms with E-state index < -0.39 is 0 Å². The van der Waals surface area contributed by atoms with Gasteiger partial charge in [-0.15, -0.1) is 0 Å². The third-order valence-electron chi connectivity index (χ3n) is 2.53. The molecular formula is C12H14BrN5O2. The number of halogens is 1. The minimum Gasteiger partial charge on any atom is -0.497 e. The third kappa shape index (κ3) is 3.09. The van der Waals surface area contributed by atoms with Gasteiger partial charge in [0.25, 0.3) is 0 Å². The molecule has 2 rings (SSSR count). The van der Waals surface area contributed by atoms with Gasteiger partial charge in [0.1, 0.15) is 11.5 Å². The van der Waals surface area contributed by atoms with Crippen molar-refractivity contribution in [2.24, 2.45) is 5.84 Å². The molecule has 0 fully saturated rings. The van der Waals surface area contributed by atoms with Crippen molar-refractivity contribution in [3.63, 3.8) is 0 Å². The molecule has 0 saturated carbocycles.